The molecular formula is C24H30F3N7O2. The van der Waals surface area contributed by atoms with Gasteiger partial charge < -0.3 is 14.9 Å². The minimum absolute atomic E-state index is 0.109. The van der Waals surface area contributed by atoms with Crippen LogP contribution in [0.1, 0.15) is 67.5 Å². The molecule has 2 aromatic rings. The Morgan fingerprint density at radius 2 is 1.72 bits per heavy atom. The van der Waals surface area contributed by atoms with Crippen LogP contribution < -0.4 is 0 Å². The minimum Gasteiger partial charge on any atom is -0.382 e. The Balaban J connectivity index is 0.853. The number of H-pyrrole nitrogens is 1. The number of aryl methyl sites for hydroxylation is 1. The van der Waals surface area contributed by atoms with Crippen LogP contribution in [-0.2, 0) is 25.2 Å². The molecule has 36 heavy (non-hydrogen) atoms. The topological polar surface area (TPSA) is 103 Å². The van der Waals surface area contributed by atoms with Crippen LogP contribution in [0.3, 0.4) is 0 Å². The zero-order valence-electron chi connectivity index (χ0n) is 20.2. The van der Waals surface area contributed by atoms with Crippen molar-refractivity contribution in [2.45, 2.75) is 62.6 Å². The number of rotatable bonds is 4. The number of likely N-dealkylation sites (tertiary alicyclic amines) is 2. The van der Waals surface area contributed by atoms with Crippen molar-refractivity contribution >= 4 is 6.03 Å². The quantitative estimate of drug-likeness (QED) is 0.665. The van der Waals surface area contributed by atoms with Gasteiger partial charge in [-0.2, -0.15) is 23.4 Å². The molecule has 2 aliphatic heterocycles. The van der Waals surface area contributed by atoms with Crippen LogP contribution in [0.5, 0.6) is 0 Å². The standard InChI is InChI=1S/C24H30F3N7O2/c1-32-16(5-17(31-32)24(25,26)27)4-14-6-21(7-14)10-33(11-21)20(35)34-12-22(13-34)8-15(9-22)18-28-19(30-29-18)23(36)2-3-23/h5,14-15,36H,2-4,6-13H2,1H3,(H,28,29,30). The van der Waals surface area contributed by atoms with E-state index >= 15 is 0 Å². The molecule has 3 aliphatic carbocycles. The largest absolute Gasteiger partial charge is 0.435 e. The number of aromatic amines is 1. The molecule has 194 valence electrons. The summed E-state index contributed by atoms with van der Waals surface area (Å²) >= 11 is 0. The number of hydrogen-bond donors (Lipinski definition) is 2. The highest BCUT2D eigenvalue weighted by atomic mass is 19.4. The lowest BCUT2D eigenvalue weighted by molar-refractivity contribution is -0.141. The van der Waals surface area contributed by atoms with E-state index < -0.39 is 17.5 Å². The number of aromatic nitrogens is 5. The fourth-order valence-corrected chi connectivity index (χ4v) is 7.14. The Labute approximate surface area is 206 Å². The van der Waals surface area contributed by atoms with Crippen molar-refractivity contribution in [3.8, 4) is 0 Å². The van der Waals surface area contributed by atoms with E-state index in [1.807, 2.05) is 9.80 Å². The van der Waals surface area contributed by atoms with Gasteiger partial charge in [0.2, 0.25) is 0 Å². The molecule has 2 spiro atoms. The number of nitrogens with one attached hydrogen (secondary N) is 1. The summed E-state index contributed by atoms with van der Waals surface area (Å²) in [6.45, 7) is 3.05. The molecule has 7 rings (SSSR count). The zero-order chi connectivity index (χ0) is 25.1. The summed E-state index contributed by atoms with van der Waals surface area (Å²) in [5, 5.41) is 21.0. The van der Waals surface area contributed by atoms with E-state index in [1.54, 1.807) is 7.05 Å². The van der Waals surface area contributed by atoms with Gasteiger partial charge in [0.05, 0.1) is 0 Å². The van der Waals surface area contributed by atoms with E-state index in [4.69, 9.17) is 0 Å². The molecule has 0 aromatic carbocycles. The number of carbonyl (C=O) groups is 1. The molecule has 12 heteroatoms. The smallest absolute Gasteiger partial charge is 0.382 e. The van der Waals surface area contributed by atoms with E-state index in [-0.39, 0.29) is 16.9 Å². The molecule has 2 aromatic heterocycles. The van der Waals surface area contributed by atoms with E-state index in [1.165, 1.54) is 4.68 Å². The molecule has 0 bridgehead atoms. The van der Waals surface area contributed by atoms with Gasteiger partial charge in [0.25, 0.3) is 0 Å². The Morgan fingerprint density at radius 1 is 1.11 bits per heavy atom. The maximum Gasteiger partial charge on any atom is 0.435 e. The third-order valence-electron chi connectivity index (χ3n) is 9.24. The zero-order valence-corrected chi connectivity index (χ0v) is 20.2. The lowest BCUT2D eigenvalue weighted by Gasteiger charge is -2.63. The molecule has 5 aliphatic rings. The molecule has 0 atom stereocenters. The van der Waals surface area contributed by atoms with Crippen molar-refractivity contribution in [3.05, 3.63) is 29.1 Å². The van der Waals surface area contributed by atoms with Gasteiger partial charge in [0.15, 0.2) is 11.5 Å². The van der Waals surface area contributed by atoms with Gasteiger partial charge in [-0.1, -0.05) is 0 Å². The number of urea groups is 1. The number of carbonyl (C=O) groups excluding carboxylic acids is 1. The first-order valence-corrected chi connectivity index (χ1v) is 12.7. The monoisotopic (exact) mass is 505 g/mol. The number of amides is 2. The Bertz CT molecular complexity index is 1200. The van der Waals surface area contributed by atoms with Crippen molar-refractivity contribution in [2.75, 3.05) is 26.2 Å². The van der Waals surface area contributed by atoms with Gasteiger partial charge >= 0.3 is 12.2 Å². The summed E-state index contributed by atoms with van der Waals surface area (Å²) in [5.41, 5.74) is -0.705. The summed E-state index contributed by atoms with van der Waals surface area (Å²) < 4.78 is 40.0. The number of alkyl halides is 3. The van der Waals surface area contributed by atoms with Crippen molar-refractivity contribution in [3.63, 3.8) is 0 Å². The van der Waals surface area contributed by atoms with Gasteiger partial charge in [0.1, 0.15) is 11.4 Å². The average Bonchev–Trinajstić information content (AvgIpc) is 3.09. The lowest BCUT2D eigenvalue weighted by atomic mass is 9.56. The Hall–Kier alpha value is -2.63. The van der Waals surface area contributed by atoms with Gasteiger partial charge in [-0.3, -0.25) is 9.78 Å². The maximum absolute atomic E-state index is 12.9. The molecule has 9 nitrogen and oxygen atoms in total. The van der Waals surface area contributed by atoms with E-state index in [9.17, 15) is 23.1 Å². The second-order valence-corrected chi connectivity index (χ2v) is 12.3. The van der Waals surface area contributed by atoms with Crippen LogP contribution >= 0.6 is 0 Å². The summed E-state index contributed by atoms with van der Waals surface area (Å²) in [6.07, 6.45) is 1.49. The van der Waals surface area contributed by atoms with Gasteiger partial charge in [-0.25, -0.2) is 9.78 Å². The van der Waals surface area contributed by atoms with Crippen LogP contribution in [0.15, 0.2) is 6.07 Å². The molecule has 0 radical (unpaired) electrons. The maximum atomic E-state index is 12.9. The summed E-state index contributed by atoms with van der Waals surface area (Å²) in [6, 6.07) is 1.27. The van der Waals surface area contributed by atoms with Gasteiger partial charge in [-0.15, -0.1) is 0 Å². The highest BCUT2D eigenvalue weighted by molar-refractivity contribution is 5.77. The van der Waals surface area contributed by atoms with E-state index in [0.717, 1.165) is 76.6 Å². The molecular weight excluding hydrogens is 475 g/mol. The van der Waals surface area contributed by atoms with Gasteiger partial charge in [-0.05, 0) is 56.9 Å². The molecule has 5 fully saturated rings. The summed E-state index contributed by atoms with van der Waals surface area (Å²) in [5.74, 6) is 2.03. The van der Waals surface area contributed by atoms with Crippen LogP contribution in [0, 0.1) is 16.7 Å². The summed E-state index contributed by atoms with van der Waals surface area (Å²) in [7, 11) is 1.56. The predicted octanol–water partition coefficient (Wildman–Crippen LogP) is 2.79. The SMILES string of the molecule is Cn1nc(C(F)(F)F)cc1CC1CC2(C1)CN(C(=O)N1CC3(CC(c4nc(C5(O)CC5)n[nH]4)C3)C1)C2. The molecule has 2 amide bonds. The number of halogens is 3. The number of hydrogen-bond acceptors (Lipinski definition) is 5. The fourth-order valence-electron chi connectivity index (χ4n) is 7.14. The van der Waals surface area contributed by atoms with Crippen molar-refractivity contribution in [2.24, 2.45) is 23.8 Å². The highest BCUT2D eigenvalue weighted by Gasteiger charge is 2.59. The number of nitrogens with zero attached hydrogens (tertiary/aromatic N) is 6. The fraction of sp³-hybridized carbons (Fsp3) is 0.750. The molecule has 2 saturated heterocycles. The second-order valence-electron chi connectivity index (χ2n) is 12.3. The van der Waals surface area contributed by atoms with Crippen molar-refractivity contribution in [1.29, 1.82) is 0 Å². The highest BCUT2D eigenvalue weighted by Crippen LogP contribution is 2.57. The molecule has 0 unspecified atom stereocenters. The van der Waals surface area contributed by atoms with Crippen LogP contribution in [0.2, 0.25) is 0 Å². The van der Waals surface area contributed by atoms with Gasteiger partial charge in [0, 0.05) is 55.7 Å². The third kappa shape index (κ3) is 3.47. The third-order valence-corrected chi connectivity index (χ3v) is 9.24. The Morgan fingerprint density at radius 3 is 2.28 bits per heavy atom. The van der Waals surface area contributed by atoms with E-state index in [2.05, 4.69) is 20.3 Å². The number of aliphatic hydroxyl groups is 1. The van der Waals surface area contributed by atoms with E-state index in [0.29, 0.717) is 29.8 Å². The van der Waals surface area contributed by atoms with Crippen LogP contribution in [-0.4, -0.2) is 72.1 Å². The first-order valence-electron chi connectivity index (χ1n) is 12.7. The Kier molecular flexibility index (Phi) is 4.40. The first kappa shape index (κ1) is 22.6. The van der Waals surface area contributed by atoms with Crippen LogP contribution in [0.25, 0.3) is 0 Å². The normalized spacial score (nSPS) is 25.9. The second kappa shape index (κ2) is 7.02. The summed E-state index contributed by atoms with van der Waals surface area (Å²) in [4.78, 5) is 21.3. The predicted molar refractivity (Wildman–Crippen MR) is 120 cm³/mol. The molecule has 3 saturated carbocycles. The first-order chi connectivity index (χ1) is 16.9. The molecule has 2 N–H and O–H groups in total. The minimum atomic E-state index is -4.42. The lowest BCUT2D eigenvalue weighted by Crippen LogP contribution is -2.71. The van der Waals surface area contributed by atoms with Crippen molar-refractivity contribution < 1.29 is 23.1 Å². The van der Waals surface area contributed by atoms with Crippen LogP contribution in [0.4, 0.5) is 18.0 Å². The molecule has 4 heterocycles. The average molecular weight is 506 g/mol. The van der Waals surface area contributed by atoms with Crippen molar-refractivity contribution in [1.82, 2.24) is 34.8 Å².